The first-order chi connectivity index (χ1) is 18.1. The Labute approximate surface area is 216 Å². The monoisotopic (exact) mass is 520 g/mol. The second-order valence-electron chi connectivity index (χ2n) is 9.36. The van der Waals surface area contributed by atoms with Crippen LogP contribution < -0.4 is 0 Å². The van der Waals surface area contributed by atoms with Crippen LogP contribution in [0.4, 0.5) is 17.6 Å². The van der Waals surface area contributed by atoms with E-state index in [1.54, 1.807) is 42.5 Å². The van der Waals surface area contributed by atoms with Crippen LogP contribution in [0.15, 0.2) is 77.4 Å². The summed E-state index contributed by atoms with van der Waals surface area (Å²) in [6, 6.07) is 19.7. The lowest BCUT2D eigenvalue weighted by molar-refractivity contribution is -0.140. The Morgan fingerprint density at radius 1 is 0.868 bits per heavy atom. The Balaban J connectivity index is 1.37. The van der Waals surface area contributed by atoms with E-state index >= 15 is 4.39 Å². The molecule has 5 aromatic rings. The molecule has 38 heavy (non-hydrogen) atoms. The van der Waals surface area contributed by atoms with Crippen molar-refractivity contribution in [2.24, 2.45) is 7.05 Å². The van der Waals surface area contributed by atoms with E-state index in [1.165, 1.54) is 11.6 Å². The zero-order valence-corrected chi connectivity index (χ0v) is 20.9. The van der Waals surface area contributed by atoms with Gasteiger partial charge < -0.3 is 9.09 Å². The number of imidazole rings is 1. The molecule has 0 saturated carbocycles. The minimum absolute atomic E-state index is 0.0747. The van der Waals surface area contributed by atoms with Crippen molar-refractivity contribution in [1.82, 2.24) is 19.7 Å². The number of rotatable bonds is 6. The summed E-state index contributed by atoms with van der Waals surface area (Å²) in [5, 5.41) is 4.01. The SMILES string of the molecule is CC(C)c1ccccc1-c1cccc(-c2nc(Cc3ccc(-c4nc(C(F)(F)F)cn4C)cc3)no2)c1F. The van der Waals surface area contributed by atoms with Crippen LogP contribution in [-0.2, 0) is 19.6 Å². The summed E-state index contributed by atoms with van der Waals surface area (Å²) < 4.78 is 61.3. The zero-order valence-electron chi connectivity index (χ0n) is 20.9. The Morgan fingerprint density at radius 3 is 2.24 bits per heavy atom. The molecule has 0 saturated heterocycles. The van der Waals surface area contributed by atoms with Gasteiger partial charge in [-0.15, -0.1) is 0 Å². The van der Waals surface area contributed by atoms with Gasteiger partial charge in [-0.3, -0.25) is 0 Å². The maximum atomic E-state index is 15.6. The molecule has 0 aliphatic rings. The number of hydrogen-bond acceptors (Lipinski definition) is 4. The van der Waals surface area contributed by atoms with Crippen molar-refractivity contribution in [1.29, 1.82) is 0 Å². The molecular formula is C29H24F4N4O. The first kappa shape index (κ1) is 25.4. The second-order valence-corrected chi connectivity index (χ2v) is 9.36. The number of benzene rings is 3. The highest BCUT2D eigenvalue weighted by atomic mass is 19.4. The Morgan fingerprint density at radius 2 is 1.55 bits per heavy atom. The molecule has 0 radical (unpaired) electrons. The molecule has 2 aromatic heterocycles. The highest BCUT2D eigenvalue weighted by molar-refractivity contribution is 5.73. The van der Waals surface area contributed by atoms with Crippen LogP contribution in [0.5, 0.6) is 0 Å². The largest absolute Gasteiger partial charge is 0.434 e. The van der Waals surface area contributed by atoms with Crippen molar-refractivity contribution in [2.45, 2.75) is 32.4 Å². The summed E-state index contributed by atoms with van der Waals surface area (Å²) >= 11 is 0. The van der Waals surface area contributed by atoms with Gasteiger partial charge in [-0.1, -0.05) is 79.7 Å². The van der Waals surface area contributed by atoms with Crippen LogP contribution >= 0.6 is 0 Å². The maximum absolute atomic E-state index is 15.6. The van der Waals surface area contributed by atoms with Gasteiger partial charge in [0.05, 0.1) is 5.56 Å². The fourth-order valence-electron chi connectivity index (χ4n) is 4.41. The van der Waals surface area contributed by atoms with Crippen molar-refractivity contribution in [2.75, 3.05) is 0 Å². The molecular weight excluding hydrogens is 496 g/mol. The fourth-order valence-corrected chi connectivity index (χ4v) is 4.41. The van der Waals surface area contributed by atoms with Crippen molar-refractivity contribution in [3.05, 3.63) is 101 Å². The molecule has 0 aliphatic carbocycles. The summed E-state index contributed by atoms with van der Waals surface area (Å²) in [6.45, 7) is 4.13. The number of aryl methyl sites for hydroxylation is 1. The average molecular weight is 521 g/mol. The highest BCUT2D eigenvalue weighted by Gasteiger charge is 2.34. The van der Waals surface area contributed by atoms with Crippen molar-refractivity contribution in [3.8, 4) is 34.0 Å². The molecule has 9 heteroatoms. The van der Waals surface area contributed by atoms with Gasteiger partial charge in [-0.2, -0.15) is 18.2 Å². The van der Waals surface area contributed by atoms with Crippen LogP contribution in [0, 0.1) is 5.82 Å². The van der Waals surface area contributed by atoms with Gasteiger partial charge in [0.15, 0.2) is 11.5 Å². The smallest absolute Gasteiger partial charge is 0.334 e. The topological polar surface area (TPSA) is 56.7 Å². The molecule has 2 heterocycles. The van der Waals surface area contributed by atoms with E-state index in [2.05, 4.69) is 29.0 Å². The minimum atomic E-state index is -4.51. The molecule has 5 nitrogen and oxygen atoms in total. The van der Waals surface area contributed by atoms with E-state index in [0.717, 1.165) is 22.9 Å². The molecule has 5 rings (SSSR count). The average Bonchev–Trinajstić information content (AvgIpc) is 3.51. The van der Waals surface area contributed by atoms with E-state index in [0.29, 0.717) is 23.4 Å². The van der Waals surface area contributed by atoms with Crippen LogP contribution in [0.1, 0.15) is 42.4 Å². The fraction of sp³-hybridized carbons (Fsp3) is 0.207. The molecule has 0 aliphatic heterocycles. The van der Waals surface area contributed by atoms with Gasteiger partial charge >= 0.3 is 6.18 Å². The zero-order chi connectivity index (χ0) is 27.0. The van der Waals surface area contributed by atoms with Crippen molar-refractivity contribution < 1.29 is 22.1 Å². The number of halogens is 4. The Bertz CT molecular complexity index is 1580. The van der Waals surface area contributed by atoms with Crippen LogP contribution in [-0.4, -0.2) is 19.7 Å². The van der Waals surface area contributed by atoms with Gasteiger partial charge in [-0.05, 0) is 28.7 Å². The molecule has 194 valence electrons. The number of nitrogens with zero attached hydrogens (tertiary/aromatic N) is 4. The van der Waals surface area contributed by atoms with Gasteiger partial charge in [0.2, 0.25) is 0 Å². The molecule has 3 aromatic carbocycles. The van der Waals surface area contributed by atoms with Gasteiger partial charge in [0.1, 0.15) is 11.6 Å². The van der Waals surface area contributed by atoms with Crippen molar-refractivity contribution in [3.63, 3.8) is 0 Å². The number of alkyl halides is 3. The summed E-state index contributed by atoms with van der Waals surface area (Å²) in [4.78, 5) is 8.11. The van der Waals surface area contributed by atoms with E-state index in [9.17, 15) is 13.2 Å². The standard InChI is InChI=1S/C29H24F4N4O/c1-17(2)20-7-4-5-8-21(20)22-9-6-10-23(26(22)30)28-35-25(36-38-28)15-18-11-13-19(14-12-18)27-34-24(16-37(27)3)29(31,32)33/h4-14,16-17H,15H2,1-3H3. The van der Waals surface area contributed by atoms with Crippen LogP contribution in [0.25, 0.3) is 34.0 Å². The summed E-state index contributed by atoms with van der Waals surface area (Å²) in [5.41, 5.74) is 2.94. The van der Waals surface area contributed by atoms with Crippen LogP contribution in [0.2, 0.25) is 0 Å². The third-order valence-corrected chi connectivity index (χ3v) is 6.31. The normalized spacial score (nSPS) is 11.9. The van der Waals surface area contributed by atoms with E-state index < -0.39 is 17.7 Å². The minimum Gasteiger partial charge on any atom is -0.334 e. The maximum Gasteiger partial charge on any atom is 0.434 e. The summed E-state index contributed by atoms with van der Waals surface area (Å²) in [5.74, 6) is 0.426. The molecule has 0 N–H and O–H groups in total. The molecule has 0 spiro atoms. The molecule has 0 bridgehead atoms. The number of aromatic nitrogens is 4. The highest BCUT2D eigenvalue weighted by Crippen LogP contribution is 2.35. The lowest BCUT2D eigenvalue weighted by Crippen LogP contribution is -2.04. The van der Waals surface area contributed by atoms with Crippen molar-refractivity contribution >= 4 is 0 Å². The van der Waals surface area contributed by atoms with Gasteiger partial charge in [0, 0.05) is 30.8 Å². The molecule has 0 unspecified atom stereocenters. The van der Waals surface area contributed by atoms with E-state index in [1.807, 2.05) is 24.3 Å². The lowest BCUT2D eigenvalue weighted by atomic mass is 9.91. The van der Waals surface area contributed by atoms with E-state index in [4.69, 9.17) is 4.52 Å². The lowest BCUT2D eigenvalue weighted by Gasteiger charge is -2.14. The quantitative estimate of drug-likeness (QED) is 0.216. The van der Waals surface area contributed by atoms with Gasteiger partial charge in [0.25, 0.3) is 5.89 Å². The molecule has 0 atom stereocenters. The Hall–Kier alpha value is -4.27. The summed E-state index contributed by atoms with van der Waals surface area (Å²) in [6.07, 6.45) is -3.25. The van der Waals surface area contributed by atoms with Crippen LogP contribution in [0.3, 0.4) is 0 Å². The molecule has 0 amide bonds. The second kappa shape index (κ2) is 9.89. The predicted octanol–water partition coefficient (Wildman–Crippen LogP) is 7.68. The van der Waals surface area contributed by atoms with E-state index in [-0.39, 0.29) is 23.2 Å². The third kappa shape index (κ3) is 4.96. The predicted molar refractivity (Wildman–Crippen MR) is 136 cm³/mol. The Kier molecular flexibility index (Phi) is 6.60. The first-order valence-corrected chi connectivity index (χ1v) is 12.0. The van der Waals surface area contributed by atoms with Gasteiger partial charge in [-0.25, -0.2) is 9.37 Å². The summed E-state index contributed by atoms with van der Waals surface area (Å²) in [7, 11) is 1.52. The number of hydrogen-bond donors (Lipinski definition) is 0. The third-order valence-electron chi connectivity index (χ3n) is 6.31. The molecule has 0 fully saturated rings. The first-order valence-electron chi connectivity index (χ1n) is 12.0.